The van der Waals surface area contributed by atoms with Crippen molar-refractivity contribution in [3.8, 4) is 0 Å². The van der Waals surface area contributed by atoms with Gasteiger partial charge in [-0.3, -0.25) is 29.7 Å². The molecule has 0 radical (unpaired) electrons. The highest BCUT2D eigenvalue weighted by Gasteiger charge is 2.42. The minimum absolute atomic E-state index is 0.144. The van der Waals surface area contributed by atoms with Crippen molar-refractivity contribution in [3.63, 3.8) is 0 Å². The summed E-state index contributed by atoms with van der Waals surface area (Å²) in [5, 5.41) is 5.26. The van der Waals surface area contributed by atoms with E-state index in [4.69, 9.17) is 21.3 Å². The number of rotatable bonds is 7. The Morgan fingerprint density at radius 1 is 1.08 bits per heavy atom. The van der Waals surface area contributed by atoms with Crippen molar-refractivity contribution in [2.45, 2.75) is 70.4 Å². The SMILES string of the molecule is CC(C)(C)OC(=O)N1CCN(C2c3ccc(Cl)cc3CCc3cc(Br)cnc32)C[C@@H]1C(=O)NCCCn1ccnc1NC(=O)C(F)(F)F. The molecule has 1 aliphatic heterocycles. The molecule has 2 aromatic heterocycles. The van der Waals surface area contributed by atoms with Gasteiger partial charge in [0.25, 0.3) is 0 Å². The van der Waals surface area contributed by atoms with Crippen molar-refractivity contribution in [2.75, 3.05) is 31.5 Å². The first-order valence-electron chi connectivity index (χ1n) is 15.4. The molecule has 1 unspecified atom stereocenters. The third-order valence-electron chi connectivity index (χ3n) is 8.07. The fourth-order valence-electron chi connectivity index (χ4n) is 5.95. The summed E-state index contributed by atoms with van der Waals surface area (Å²) in [5.74, 6) is -2.79. The highest BCUT2D eigenvalue weighted by molar-refractivity contribution is 9.10. The van der Waals surface area contributed by atoms with Gasteiger partial charge in [-0.15, -0.1) is 0 Å². The monoisotopic (exact) mass is 753 g/mol. The molecule has 0 saturated carbocycles. The number of piperazine rings is 1. The van der Waals surface area contributed by atoms with E-state index >= 15 is 0 Å². The minimum Gasteiger partial charge on any atom is -0.444 e. The molecule has 48 heavy (non-hydrogen) atoms. The first-order chi connectivity index (χ1) is 22.6. The second kappa shape index (κ2) is 14.4. The number of anilines is 1. The number of aromatic nitrogens is 3. The van der Waals surface area contributed by atoms with E-state index in [1.54, 1.807) is 32.3 Å². The van der Waals surface area contributed by atoms with Gasteiger partial charge in [-0.2, -0.15) is 13.2 Å². The lowest BCUT2D eigenvalue weighted by Gasteiger charge is -2.44. The van der Waals surface area contributed by atoms with Crippen LogP contribution in [0.5, 0.6) is 0 Å². The largest absolute Gasteiger partial charge is 0.471 e. The maximum Gasteiger partial charge on any atom is 0.471 e. The zero-order chi connectivity index (χ0) is 34.8. The minimum atomic E-state index is -5.06. The van der Waals surface area contributed by atoms with Crippen LogP contribution in [-0.2, 0) is 33.7 Å². The van der Waals surface area contributed by atoms with Crippen LogP contribution in [0.2, 0.25) is 5.02 Å². The molecule has 11 nitrogen and oxygen atoms in total. The Kier molecular flexibility index (Phi) is 10.7. The van der Waals surface area contributed by atoms with Crippen LogP contribution < -0.4 is 10.6 Å². The standard InChI is InChI=1S/C32H36BrClF3N7O4/c1-31(2,3)48-30(47)44-14-13-43(26-23-8-7-22(34)16-19(23)5-6-20-15-21(33)17-40-25(20)26)18-24(44)27(45)38-9-4-11-42-12-10-39-29(42)41-28(46)32(35,36)37/h7-8,10,12,15-17,24,26H,4-6,9,11,13-14,18H2,1-3H3,(H,38,45)(H,39,41,46)/t24-,26?/m1/s1. The number of carbonyl (C=O) groups is 3. The van der Waals surface area contributed by atoms with Crippen LogP contribution in [0.15, 0.2) is 47.3 Å². The number of halogens is 5. The number of hydrogen-bond acceptors (Lipinski definition) is 7. The average Bonchev–Trinajstić information content (AvgIpc) is 3.38. The van der Waals surface area contributed by atoms with Gasteiger partial charge in [-0.05, 0) is 90.9 Å². The topological polar surface area (TPSA) is 122 Å². The van der Waals surface area contributed by atoms with Gasteiger partial charge < -0.3 is 14.6 Å². The summed E-state index contributed by atoms with van der Waals surface area (Å²) in [6.45, 7) is 6.43. The van der Waals surface area contributed by atoms with Gasteiger partial charge in [0.2, 0.25) is 11.9 Å². The normalized spacial score (nSPS) is 18.4. The summed E-state index contributed by atoms with van der Waals surface area (Å²) >= 11 is 9.94. The lowest BCUT2D eigenvalue weighted by molar-refractivity contribution is -0.167. The Hall–Kier alpha value is -3.69. The van der Waals surface area contributed by atoms with Crippen molar-refractivity contribution < 1.29 is 32.3 Å². The number of aryl methyl sites for hydroxylation is 3. The summed E-state index contributed by atoms with van der Waals surface area (Å²) in [6, 6.07) is 6.65. The van der Waals surface area contributed by atoms with E-state index in [0.717, 1.165) is 39.7 Å². The second-order valence-corrected chi connectivity index (χ2v) is 14.0. The Balaban J connectivity index is 1.35. The Bertz CT molecular complexity index is 1630. The molecule has 1 saturated heterocycles. The number of nitrogens with zero attached hydrogens (tertiary/aromatic N) is 5. The molecular formula is C32H36BrClF3N7O4. The van der Waals surface area contributed by atoms with Crippen LogP contribution in [-0.4, -0.2) is 86.2 Å². The lowest BCUT2D eigenvalue weighted by Crippen LogP contribution is -2.61. The number of imidazole rings is 1. The van der Waals surface area contributed by atoms with E-state index in [9.17, 15) is 27.6 Å². The molecule has 2 atom stereocenters. The fraction of sp³-hybridized carbons (Fsp3) is 0.469. The second-order valence-electron chi connectivity index (χ2n) is 12.7. The van der Waals surface area contributed by atoms with E-state index in [2.05, 4.69) is 37.2 Å². The highest BCUT2D eigenvalue weighted by Crippen LogP contribution is 2.38. The molecule has 1 aromatic carbocycles. The number of fused-ring (bicyclic) bond motifs is 2. The molecule has 1 aliphatic carbocycles. The molecule has 258 valence electrons. The zero-order valence-corrected chi connectivity index (χ0v) is 29.0. The van der Waals surface area contributed by atoms with E-state index in [0.29, 0.717) is 18.0 Å². The molecule has 16 heteroatoms. The third-order valence-corrected chi connectivity index (χ3v) is 8.74. The number of benzene rings is 1. The van der Waals surface area contributed by atoms with E-state index in [1.807, 2.05) is 18.2 Å². The maximum atomic E-state index is 13.8. The number of hydrogen-bond donors (Lipinski definition) is 2. The number of nitrogens with one attached hydrogen (secondary N) is 2. The van der Waals surface area contributed by atoms with Crippen LogP contribution in [0.3, 0.4) is 0 Å². The smallest absolute Gasteiger partial charge is 0.444 e. The van der Waals surface area contributed by atoms with Gasteiger partial charge in [-0.25, -0.2) is 9.78 Å². The summed E-state index contributed by atoms with van der Waals surface area (Å²) in [4.78, 5) is 50.8. The Labute approximate surface area is 289 Å². The third kappa shape index (κ3) is 8.47. The molecule has 3 amide bonds. The van der Waals surface area contributed by atoms with Gasteiger partial charge >= 0.3 is 18.2 Å². The number of alkyl halides is 3. The number of pyridine rings is 1. The van der Waals surface area contributed by atoms with Crippen molar-refractivity contribution in [1.29, 1.82) is 0 Å². The van der Waals surface area contributed by atoms with Crippen LogP contribution in [0.1, 0.15) is 55.6 Å². The molecule has 2 aliphatic rings. The van der Waals surface area contributed by atoms with Crippen LogP contribution in [0.4, 0.5) is 23.9 Å². The first kappa shape index (κ1) is 35.6. The molecule has 2 N–H and O–H groups in total. The Morgan fingerprint density at radius 2 is 1.83 bits per heavy atom. The Morgan fingerprint density at radius 3 is 2.56 bits per heavy atom. The predicted molar refractivity (Wildman–Crippen MR) is 175 cm³/mol. The van der Waals surface area contributed by atoms with Crippen molar-refractivity contribution in [3.05, 3.63) is 74.7 Å². The van der Waals surface area contributed by atoms with Gasteiger partial charge in [0.15, 0.2) is 0 Å². The van der Waals surface area contributed by atoms with E-state index in [1.165, 1.54) is 21.9 Å². The predicted octanol–water partition coefficient (Wildman–Crippen LogP) is 5.51. The zero-order valence-electron chi connectivity index (χ0n) is 26.6. The molecule has 1 fully saturated rings. The van der Waals surface area contributed by atoms with E-state index < -0.39 is 35.7 Å². The van der Waals surface area contributed by atoms with Crippen molar-refractivity contribution in [2.24, 2.45) is 0 Å². The summed E-state index contributed by atoms with van der Waals surface area (Å²) < 4.78 is 46.0. The number of amides is 3. The fourth-order valence-corrected chi connectivity index (χ4v) is 6.52. The lowest BCUT2D eigenvalue weighted by atomic mass is 9.95. The molecule has 0 bridgehead atoms. The maximum absolute atomic E-state index is 13.8. The van der Waals surface area contributed by atoms with Crippen LogP contribution >= 0.6 is 27.5 Å². The number of carbonyl (C=O) groups excluding carboxylic acids is 3. The van der Waals surface area contributed by atoms with Gasteiger partial charge in [0.05, 0.1) is 11.7 Å². The molecule has 3 heterocycles. The first-order valence-corrected chi connectivity index (χ1v) is 16.6. The van der Waals surface area contributed by atoms with Crippen molar-refractivity contribution >= 4 is 51.4 Å². The van der Waals surface area contributed by atoms with E-state index in [-0.39, 0.29) is 38.2 Å². The summed E-state index contributed by atoms with van der Waals surface area (Å²) in [6.07, 6.45) is 0.617. The molecule has 3 aromatic rings. The van der Waals surface area contributed by atoms with Gasteiger partial charge in [0, 0.05) is 60.8 Å². The van der Waals surface area contributed by atoms with Crippen LogP contribution in [0.25, 0.3) is 0 Å². The summed E-state index contributed by atoms with van der Waals surface area (Å²) in [5.41, 5.74) is 3.28. The molecular weight excluding hydrogens is 719 g/mol. The van der Waals surface area contributed by atoms with Gasteiger partial charge in [0.1, 0.15) is 11.6 Å². The molecule has 0 spiro atoms. The average molecular weight is 755 g/mol. The molecule has 5 rings (SSSR count). The van der Waals surface area contributed by atoms with Crippen LogP contribution in [0, 0.1) is 0 Å². The number of ether oxygens (including phenoxy) is 1. The van der Waals surface area contributed by atoms with Gasteiger partial charge in [-0.1, -0.05) is 17.7 Å². The quantitative estimate of drug-likeness (QED) is 0.306. The highest BCUT2D eigenvalue weighted by atomic mass is 79.9. The van der Waals surface area contributed by atoms with Crippen molar-refractivity contribution in [1.82, 2.24) is 29.7 Å². The summed E-state index contributed by atoms with van der Waals surface area (Å²) in [7, 11) is 0.